The number of nitrogens with zero attached hydrogens (tertiary/aromatic N) is 1. The number of alkyl halides is 3. The molecule has 0 aromatic carbocycles. The Labute approximate surface area is 108 Å². The third-order valence-corrected chi connectivity index (χ3v) is 3.09. The second kappa shape index (κ2) is 6.40. The van der Waals surface area contributed by atoms with Crippen LogP contribution >= 0.6 is 0 Å². The second-order valence-electron chi connectivity index (χ2n) is 4.59. The summed E-state index contributed by atoms with van der Waals surface area (Å²) in [5.74, 6) is -2.99. The summed E-state index contributed by atoms with van der Waals surface area (Å²) in [6.45, 7) is 0.201. The van der Waals surface area contributed by atoms with Crippen LogP contribution in [0.1, 0.15) is 12.8 Å². The van der Waals surface area contributed by atoms with Gasteiger partial charge in [0, 0.05) is 39.1 Å². The van der Waals surface area contributed by atoms with Crippen molar-refractivity contribution in [2.45, 2.75) is 24.6 Å². The molecule has 19 heavy (non-hydrogen) atoms. The summed E-state index contributed by atoms with van der Waals surface area (Å²) in [5.41, 5.74) is 3.94. The van der Waals surface area contributed by atoms with Crippen LogP contribution in [0.4, 0.5) is 13.2 Å². The van der Waals surface area contributed by atoms with Crippen LogP contribution in [-0.2, 0) is 4.74 Å². The van der Waals surface area contributed by atoms with Crippen LogP contribution < -0.4 is 11.1 Å². The number of hydrogen-bond acceptors (Lipinski definition) is 5. The Balaban J connectivity index is 2.48. The monoisotopic (exact) mass is 285 g/mol. The maximum atomic E-state index is 12.6. The van der Waals surface area contributed by atoms with E-state index >= 15 is 0 Å². The molecule has 0 aliphatic carbocycles. The van der Waals surface area contributed by atoms with Gasteiger partial charge < -0.3 is 26.1 Å². The standard InChI is InChI=1S/C10H18F3N3O3/c11-10(12,13)7(8(14)16-18)5-15-6-9(17)1-3-19-4-2-9/h7,15,17-18H,1-6H2,(H2,14,16). The normalized spacial score (nSPS) is 22.2. The Morgan fingerprint density at radius 3 is 2.47 bits per heavy atom. The van der Waals surface area contributed by atoms with E-state index < -0.39 is 30.1 Å². The minimum atomic E-state index is -4.61. The predicted octanol–water partition coefficient (Wildman–Crippen LogP) is 0.0424. The highest BCUT2D eigenvalue weighted by Crippen LogP contribution is 2.26. The van der Waals surface area contributed by atoms with Crippen LogP contribution in [0.3, 0.4) is 0 Å². The number of nitrogens with one attached hydrogen (secondary N) is 1. The van der Waals surface area contributed by atoms with E-state index in [-0.39, 0.29) is 6.54 Å². The fourth-order valence-electron chi connectivity index (χ4n) is 1.83. The van der Waals surface area contributed by atoms with Crippen LogP contribution in [0.2, 0.25) is 0 Å². The van der Waals surface area contributed by atoms with Crippen molar-refractivity contribution in [3.05, 3.63) is 0 Å². The highest BCUT2D eigenvalue weighted by atomic mass is 19.4. The maximum Gasteiger partial charge on any atom is 0.400 e. The van der Waals surface area contributed by atoms with Crippen molar-refractivity contribution < 1.29 is 28.2 Å². The zero-order valence-electron chi connectivity index (χ0n) is 10.3. The summed E-state index contributed by atoms with van der Waals surface area (Å²) in [7, 11) is 0. The molecule has 1 saturated heterocycles. The molecule has 1 fully saturated rings. The van der Waals surface area contributed by atoms with Crippen LogP contribution in [0, 0.1) is 5.92 Å². The molecule has 0 bridgehead atoms. The van der Waals surface area contributed by atoms with Gasteiger partial charge in [0.1, 0.15) is 5.92 Å². The topological polar surface area (TPSA) is 100 Å². The van der Waals surface area contributed by atoms with Gasteiger partial charge in [0.05, 0.1) is 5.60 Å². The van der Waals surface area contributed by atoms with Crippen molar-refractivity contribution >= 4 is 5.84 Å². The van der Waals surface area contributed by atoms with Crippen molar-refractivity contribution in [2.75, 3.05) is 26.3 Å². The van der Waals surface area contributed by atoms with Crippen molar-refractivity contribution in [3.63, 3.8) is 0 Å². The van der Waals surface area contributed by atoms with Crippen LogP contribution in [-0.4, -0.2) is 54.2 Å². The molecule has 1 unspecified atom stereocenters. The third-order valence-electron chi connectivity index (χ3n) is 3.09. The zero-order valence-corrected chi connectivity index (χ0v) is 10.3. The molecule has 5 N–H and O–H groups in total. The SMILES string of the molecule is NC(=NO)C(CNCC1(O)CCOCC1)C(F)(F)F. The van der Waals surface area contributed by atoms with Crippen molar-refractivity contribution in [2.24, 2.45) is 16.8 Å². The van der Waals surface area contributed by atoms with Gasteiger partial charge in [-0.15, -0.1) is 0 Å². The van der Waals surface area contributed by atoms with E-state index in [0.29, 0.717) is 26.1 Å². The average Bonchev–Trinajstić information content (AvgIpc) is 2.33. The van der Waals surface area contributed by atoms with Crippen molar-refractivity contribution in [3.8, 4) is 0 Å². The molecule has 1 aliphatic rings. The number of oxime groups is 1. The zero-order chi connectivity index (χ0) is 14.5. The summed E-state index contributed by atoms with van der Waals surface area (Å²) in [6, 6.07) is 0. The fraction of sp³-hybridized carbons (Fsp3) is 0.900. The first kappa shape index (κ1) is 16.0. The Bertz CT molecular complexity index is 317. The Hall–Kier alpha value is -1.06. The molecule has 112 valence electrons. The largest absolute Gasteiger partial charge is 0.409 e. The van der Waals surface area contributed by atoms with E-state index in [1.165, 1.54) is 0 Å². The van der Waals surface area contributed by atoms with Crippen molar-refractivity contribution in [1.82, 2.24) is 5.32 Å². The molecule has 6 nitrogen and oxygen atoms in total. The lowest BCUT2D eigenvalue weighted by Crippen LogP contribution is -2.49. The fourth-order valence-corrected chi connectivity index (χ4v) is 1.83. The predicted molar refractivity (Wildman–Crippen MR) is 60.8 cm³/mol. The van der Waals surface area contributed by atoms with Gasteiger partial charge in [0.25, 0.3) is 0 Å². The van der Waals surface area contributed by atoms with Gasteiger partial charge in [0.2, 0.25) is 0 Å². The van der Waals surface area contributed by atoms with Gasteiger partial charge in [0.15, 0.2) is 5.84 Å². The quantitative estimate of drug-likeness (QED) is 0.247. The maximum absolute atomic E-state index is 12.6. The Kier molecular flexibility index (Phi) is 5.39. The van der Waals surface area contributed by atoms with Crippen LogP contribution in [0.15, 0.2) is 5.16 Å². The minimum Gasteiger partial charge on any atom is -0.409 e. The van der Waals surface area contributed by atoms with E-state index in [4.69, 9.17) is 15.7 Å². The molecule has 1 rings (SSSR count). The number of ether oxygens (including phenoxy) is 1. The summed E-state index contributed by atoms with van der Waals surface area (Å²) in [5, 5.41) is 23.3. The van der Waals surface area contributed by atoms with Gasteiger partial charge in [-0.25, -0.2) is 0 Å². The number of amidine groups is 1. The molecular formula is C10H18F3N3O3. The third kappa shape index (κ3) is 4.84. The van der Waals surface area contributed by atoms with Crippen LogP contribution in [0.5, 0.6) is 0 Å². The lowest BCUT2D eigenvalue weighted by Gasteiger charge is -2.32. The minimum absolute atomic E-state index is 0.00164. The number of halogens is 3. The van der Waals surface area contributed by atoms with Crippen molar-refractivity contribution in [1.29, 1.82) is 0 Å². The highest BCUT2D eigenvalue weighted by molar-refractivity contribution is 5.83. The first-order chi connectivity index (χ1) is 8.78. The summed E-state index contributed by atoms with van der Waals surface area (Å²) in [4.78, 5) is 0. The molecule has 0 spiro atoms. The smallest absolute Gasteiger partial charge is 0.400 e. The van der Waals surface area contributed by atoms with Gasteiger partial charge in [-0.1, -0.05) is 5.16 Å². The van der Waals surface area contributed by atoms with E-state index in [2.05, 4.69) is 10.5 Å². The van der Waals surface area contributed by atoms with Crippen LogP contribution in [0.25, 0.3) is 0 Å². The molecule has 0 radical (unpaired) electrons. The molecule has 0 aromatic heterocycles. The molecule has 0 aromatic rings. The van der Waals surface area contributed by atoms with Gasteiger partial charge in [-0.2, -0.15) is 13.2 Å². The van der Waals surface area contributed by atoms with Gasteiger partial charge in [-0.3, -0.25) is 0 Å². The van der Waals surface area contributed by atoms with E-state index in [1.54, 1.807) is 0 Å². The summed E-state index contributed by atoms with van der Waals surface area (Å²) >= 11 is 0. The summed E-state index contributed by atoms with van der Waals surface area (Å²) < 4.78 is 42.9. The first-order valence-electron chi connectivity index (χ1n) is 5.83. The lowest BCUT2D eigenvalue weighted by atomic mass is 9.94. The molecule has 9 heteroatoms. The van der Waals surface area contributed by atoms with E-state index in [1.807, 2.05) is 0 Å². The molecule has 0 saturated carbocycles. The number of nitrogens with two attached hydrogens (primary N) is 1. The molecule has 0 amide bonds. The van der Waals surface area contributed by atoms with E-state index in [9.17, 15) is 18.3 Å². The average molecular weight is 285 g/mol. The van der Waals surface area contributed by atoms with Gasteiger partial charge >= 0.3 is 6.18 Å². The van der Waals surface area contributed by atoms with Gasteiger partial charge in [-0.05, 0) is 0 Å². The number of hydrogen-bond donors (Lipinski definition) is 4. The molecule has 1 heterocycles. The first-order valence-corrected chi connectivity index (χ1v) is 5.83. The Morgan fingerprint density at radius 2 is 2.00 bits per heavy atom. The number of rotatable bonds is 5. The Morgan fingerprint density at radius 1 is 1.42 bits per heavy atom. The number of aliphatic hydroxyl groups is 1. The summed E-state index contributed by atoms with van der Waals surface area (Å²) in [6.07, 6.45) is -3.89. The molecular weight excluding hydrogens is 267 g/mol. The molecule has 1 atom stereocenters. The lowest BCUT2D eigenvalue weighted by molar-refractivity contribution is -0.155. The molecule has 1 aliphatic heterocycles. The van der Waals surface area contributed by atoms with E-state index in [0.717, 1.165) is 0 Å². The second-order valence-corrected chi connectivity index (χ2v) is 4.59. The highest BCUT2D eigenvalue weighted by Gasteiger charge is 2.43.